The van der Waals surface area contributed by atoms with Crippen LogP contribution in [0.4, 0.5) is 5.82 Å². The first-order chi connectivity index (χ1) is 15.9. The minimum absolute atomic E-state index is 0.0359. The van der Waals surface area contributed by atoms with Gasteiger partial charge in [-0.25, -0.2) is 4.98 Å². The summed E-state index contributed by atoms with van der Waals surface area (Å²) < 4.78 is 1.92. The molecule has 0 bridgehead atoms. The molecule has 4 rings (SSSR count). The number of benzene rings is 1. The fraction of sp³-hybridized carbons (Fsp3) is 0.423. The minimum Gasteiger partial charge on any atom is -0.353 e. The van der Waals surface area contributed by atoms with Crippen LogP contribution in [0.25, 0.3) is 0 Å². The van der Waals surface area contributed by atoms with E-state index in [1.165, 1.54) is 16.8 Å². The lowest BCUT2D eigenvalue weighted by Gasteiger charge is -2.35. The number of carbonyl (C=O) groups excluding carboxylic acids is 1. The maximum absolute atomic E-state index is 13.1. The normalized spacial score (nSPS) is 16.1. The molecule has 3 heterocycles. The van der Waals surface area contributed by atoms with E-state index < -0.39 is 0 Å². The van der Waals surface area contributed by atoms with Gasteiger partial charge in [0.1, 0.15) is 11.5 Å². The molecular formula is C26H34N6O. The number of rotatable bonds is 7. The summed E-state index contributed by atoms with van der Waals surface area (Å²) in [6.45, 7) is 7.40. The van der Waals surface area contributed by atoms with E-state index in [1.54, 1.807) is 4.90 Å². The van der Waals surface area contributed by atoms with Crippen LogP contribution in [0, 0.1) is 13.8 Å². The van der Waals surface area contributed by atoms with Gasteiger partial charge in [0.15, 0.2) is 0 Å². The molecule has 2 aromatic heterocycles. The van der Waals surface area contributed by atoms with Gasteiger partial charge >= 0.3 is 0 Å². The van der Waals surface area contributed by atoms with Crippen LogP contribution in [0.1, 0.15) is 45.5 Å². The molecule has 174 valence electrons. The van der Waals surface area contributed by atoms with E-state index in [-0.39, 0.29) is 11.9 Å². The number of nitrogens with zero attached hydrogens (tertiary/aromatic N) is 5. The van der Waals surface area contributed by atoms with Crippen molar-refractivity contribution in [2.24, 2.45) is 7.05 Å². The van der Waals surface area contributed by atoms with Gasteiger partial charge in [-0.2, -0.15) is 5.10 Å². The van der Waals surface area contributed by atoms with Crippen LogP contribution in [-0.4, -0.2) is 58.8 Å². The third kappa shape index (κ3) is 5.25. The summed E-state index contributed by atoms with van der Waals surface area (Å²) in [7, 11) is 3.83. The molecule has 1 saturated heterocycles. The SMILES string of the molecule is Cc1nn(C)c(C)c1CCCN(C)C(=O)c1cccc(N2CCN[C@H](c3ccccc3)C2)n1. The molecule has 7 nitrogen and oxygen atoms in total. The standard InChI is InChI=1S/C26H34N6O/c1-19-22(20(2)31(4)29-19)12-9-16-30(3)26(33)23-13-8-14-25(28-23)32-17-15-27-24(18-32)21-10-6-5-7-11-21/h5-8,10-11,13-14,24,27H,9,12,15-18H2,1-4H3/t24-/m0/s1. The number of hydrogen-bond acceptors (Lipinski definition) is 5. The Morgan fingerprint density at radius 3 is 2.67 bits per heavy atom. The largest absolute Gasteiger partial charge is 0.353 e. The van der Waals surface area contributed by atoms with Crippen molar-refractivity contribution in [3.63, 3.8) is 0 Å². The topological polar surface area (TPSA) is 66.3 Å². The van der Waals surface area contributed by atoms with Gasteiger partial charge in [0.2, 0.25) is 0 Å². The minimum atomic E-state index is -0.0359. The second-order valence-corrected chi connectivity index (χ2v) is 8.85. The molecular weight excluding hydrogens is 412 g/mol. The smallest absolute Gasteiger partial charge is 0.272 e. The summed E-state index contributed by atoms with van der Waals surface area (Å²) in [5.41, 5.74) is 5.32. The summed E-state index contributed by atoms with van der Waals surface area (Å²) >= 11 is 0. The number of piperazine rings is 1. The van der Waals surface area contributed by atoms with Crippen molar-refractivity contribution < 1.29 is 4.79 Å². The lowest BCUT2D eigenvalue weighted by Crippen LogP contribution is -2.46. The van der Waals surface area contributed by atoms with Crippen molar-refractivity contribution in [1.82, 2.24) is 25.0 Å². The molecule has 0 aliphatic carbocycles. The number of aryl methyl sites for hydroxylation is 2. The van der Waals surface area contributed by atoms with Crippen molar-refractivity contribution in [2.45, 2.75) is 32.7 Å². The Kier molecular flexibility index (Phi) is 7.08. The third-order valence-electron chi connectivity index (χ3n) is 6.58. The van der Waals surface area contributed by atoms with Crippen LogP contribution < -0.4 is 10.2 Å². The predicted octanol–water partition coefficient (Wildman–Crippen LogP) is 3.29. The number of carbonyl (C=O) groups is 1. The Balaban J connectivity index is 1.37. The van der Waals surface area contributed by atoms with Crippen molar-refractivity contribution in [3.8, 4) is 0 Å². The molecule has 0 radical (unpaired) electrons. The monoisotopic (exact) mass is 446 g/mol. The lowest BCUT2D eigenvalue weighted by atomic mass is 10.0. The molecule has 7 heteroatoms. The Labute approximate surface area is 196 Å². The molecule has 1 aliphatic heterocycles. The maximum Gasteiger partial charge on any atom is 0.272 e. The highest BCUT2D eigenvalue weighted by atomic mass is 16.2. The Bertz CT molecular complexity index is 1090. The predicted molar refractivity (Wildman–Crippen MR) is 132 cm³/mol. The zero-order valence-corrected chi connectivity index (χ0v) is 20.1. The van der Waals surface area contributed by atoms with Gasteiger partial charge in [-0.05, 0) is 49.9 Å². The first kappa shape index (κ1) is 23.0. The van der Waals surface area contributed by atoms with E-state index >= 15 is 0 Å². The summed E-state index contributed by atoms with van der Waals surface area (Å²) in [6.07, 6.45) is 1.81. The molecule has 0 spiro atoms. The number of amides is 1. The lowest BCUT2D eigenvalue weighted by molar-refractivity contribution is 0.0788. The van der Waals surface area contributed by atoms with Gasteiger partial charge in [0.05, 0.1) is 5.69 Å². The van der Waals surface area contributed by atoms with E-state index in [2.05, 4.69) is 46.5 Å². The quantitative estimate of drug-likeness (QED) is 0.603. The fourth-order valence-corrected chi connectivity index (χ4v) is 4.55. The highest BCUT2D eigenvalue weighted by molar-refractivity contribution is 5.92. The summed E-state index contributed by atoms with van der Waals surface area (Å²) in [5, 5.41) is 8.07. The zero-order valence-electron chi connectivity index (χ0n) is 20.1. The molecule has 1 N–H and O–H groups in total. The average molecular weight is 447 g/mol. The molecule has 1 aliphatic rings. The number of nitrogens with one attached hydrogen (secondary N) is 1. The summed E-state index contributed by atoms with van der Waals surface area (Å²) in [6, 6.07) is 16.5. The first-order valence-electron chi connectivity index (χ1n) is 11.7. The first-order valence-corrected chi connectivity index (χ1v) is 11.7. The van der Waals surface area contributed by atoms with E-state index in [9.17, 15) is 4.79 Å². The number of anilines is 1. The van der Waals surface area contributed by atoms with Gasteiger partial charge in [-0.3, -0.25) is 9.48 Å². The van der Waals surface area contributed by atoms with Crippen LogP contribution in [-0.2, 0) is 13.5 Å². The van der Waals surface area contributed by atoms with Crippen molar-refractivity contribution in [3.05, 3.63) is 76.7 Å². The van der Waals surface area contributed by atoms with Gasteiger partial charge < -0.3 is 15.1 Å². The van der Waals surface area contributed by atoms with Crippen LogP contribution in [0.15, 0.2) is 48.5 Å². The zero-order chi connectivity index (χ0) is 23.4. The molecule has 1 amide bonds. The van der Waals surface area contributed by atoms with Crippen molar-refractivity contribution in [1.29, 1.82) is 0 Å². The van der Waals surface area contributed by atoms with E-state index in [0.29, 0.717) is 12.2 Å². The van der Waals surface area contributed by atoms with Crippen LogP contribution in [0.2, 0.25) is 0 Å². The number of pyridine rings is 1. The highest BCUT2D eigenvalue weighted by Gasteiger charge is 2.23. The number of hydrogen-bond donors (Lipinski definition) is 1. The van der Waals surface area contributed by atoms with Gasteiger partial charge in [0.25, 0.3) is 5.91 Å². The molecule has 33 heavy (non-hydrogen) atoms. The molecule has 1 aromatic carbocycles. The summed E-state index contributed by atoms with van der Waals surface area (Å²) in [5.74, 6) is 0.824. The maximum atomic E-state index is 13.1. The molecule has 0 saturated carbocycles. The van der Waals surface area contributed by atoms with Crippen molar-refractivity contribution >= 4 is 11.7 Å². The number of aromatic nitrogens is 3. The van der Waals surface area contributed by atoms with Gasteiger partial charge in [-0.1, -0.05) is 36.4 Å². The molecule has 1 fully saturated rings. The molecule has 1 atom stereocenters. The van der Waals surface area contributed by atoms with E-state index in [1.807, 2.05) is 50.0 Å². The molecule has 0 unspecified atom stereocenters. The summed E-state index contributed by atoms with van der Waals surface area (Å²) in [4.78, 5) is 21.8. The van der Waals surface area contributed by atoms with Gasteiger partial charge in [0, 0.05) is 52.0 Å². The Hall–Kier alpha value is -3.19. The van der Waals surface area contributed by atoms with E-state index in [0.717, 1.165) is 44.0 Å². The van der Waals surface area contributed by atoms with Crippen LogP contribution in [0.5, 0.6) is 0 Å². The van der Waals surface area contributed by atoms with Crippen LogP contribution >= 0.6 is 0 Å². The fourth-order valence-electron chi connectivity index (χ4n) is 4.55. The average Bonchev–Trinajstić information content (AvgIpc) is 3.10. The second-order valence-electron chi connectivity index (χ2n) is 8.85. The Morgan fingerprint density at radius 2 is 1.94 bits per heavy atom. The third-order valence-corrected chi connectivity index (χ3v) is 6.58. The van der Waals surface area contributed by atoms with Crippen molar-refractivity contribution in [2.75, 3.05) is 38.1 Å². The van der Waals surface area contributed by atoms with Crippen LogP contribution in [0.3, 0.4) is 0 Å². The Morgan fingerprint density at radius 1 is 1.15 bits per heavy atom. The molecule has 3 aromatic rings. The highest BCUT2D eigenvalue weighted by Crippen LogP contribution is 2.22. The van der Waals surface area contributed by atoms with E-state index in [4.69, 9.17) is 4.98 Å². The van der Waals surface area contributed by atoms with Gasteiger partial charge in [-0.15, -0.1) is 0 Å². The second kappa shape index (κ2) is 10.2.